The Morgan fingerprint density at radius 2 is 1.80 bits per heavy atom. The number of Topliss-reactive ketones (excluding diaryl/α,β-unsaturated/α-hetero) is 1. The van der Waals surface area contributed by atoms with E-state index in [2.05, 4.69) is 0 Å². The van der Waals surface area contributed by atoms with Gasteiger partial charge in [-0.05, 0) is 25.1 Å². The van der Waals surface area contributed by atoms with Crippen LogP contribution in [0.3, 0.4) is 0 Å². The fourth-order valence-corrected chi connectivity index (χ4v) is 2.35. The lowest BCUT2D eigenvalue weighted by Gasteiger charge is -2.13. The summed E-state index contributed by atoms with van der Waals surface area (Å²) in [6.45, 7) is 1.10. The van der Waals surface area contributed by atoms with E-state index >= 15 is 0 Å². The van der Waals surface area contributed by atoms with Crippen molar-refractivity contribution in [3.05, 3.63) is 51.6 Å². The second-order valence-corrected chi connectivity index (χ2v) is 5.09. The van der Waals surface area contributed by atoms with Crippen LogP contribution >= 0.6 is 0 Å². The highest BCUT2D eigenvalue weighted by Gasteiger charge is 2.21. The van der Waals surface area contributed by atoms with Crippen molar-refractivity contribution in [2.45, 2.75) is 13.5 Å². The normalized spacial score (nSPS) is 10.2. The number of hydrogen-bond donors (Lipinski definition) is 1. The van der Waals surface area contributed by atoms with Gasteiger partial charge in [0.25, 0.3) is 5.69 Å². The predicted octanol–water partition coefficient (Wildman–Crippen LogP) is 3.10. The number of phenols is 1. The maximum absolute atomic E-state index is 11.7. The molecule has 0 aromatic heterocycles. The molecule has 0 fully saturated rings. The number of ketones is 1. The molecule has 2 rings (SSSR count). The highest BCUT2D eigenvalue weighted by atomic mass is 16.6. The fourth-order valence-electron chi connectivity index (χ4n) is 2.35. The number of nitrogens with zero attached hydrogens (tertiary/aromatic N) is 1. The topological polar surface area (TPSA) is 108 Å². The number of hydrogen-bond acceptors (Lipinski definition) is 7. The van der Waals surface area contributed by atoms with Gasteiger partial charge in [-0.3, -0.25) is 14.9 Å². The lowest BCUT2D eigenvalue weighted by molar-refractivity contribution is -0.385. The molecule has 0 aliphatic rings. The lowest BCUT2D eigenvalue weighted by Crippen LogP contribution is -2.05. The van der Waals surface area contributed by atoms with Crippen molar-refractivity contribution < 1.29 is 29.0 Å². The molecule has 0 amide bonds. The summed E-state index contributed by atoms with van der Waals surface area (Å²) >= 11 is 0. The summed E-state index contributed by atoms with van der Waals surface area (Å²) in [5.41, 5.74) is 0.0494. The van der Waals surface area contributed by atoms with Crippen LogP contribution < -0.4 is 14.2 Å². The average molecular weight is 347 g/mol. The summed E-state index contributed by atoms with van der Waals surface area (Å²) in [6, 6.07) is 7.06. The van der Waals surface area contributed by atoms with Gasteiger partial charge < -0.3 is 19.3 Å². The molecule has 2 aromatic carbocycles. The van der Waals surface area contributed by atoms with Gasteiger partial charge in [0.05, 0.1) is 30.8 Å². The molecule has 0 unspecified atom stereocenters. The minimum atomic E-state index is -0.561. The first-order chi connectivity index (χ1) is 11.9. The summed E-state index contributed by atoms with van der Waals surface area (Å²) < 4.78 is 15.8. The largest absolute Gasteiger partial charge is 0.507 e. The number of rotatable bonds is 7. The van der Waals surface area contributed by atoms with E-state index in [-0.39, 0.29) is 46.5 Å². The van der Waals surface area contributed by atoms with Gasteiger partial charge in [0, 0.05) is 0 Å². The Hall–Kier alpha value is -3.29. The van der Waals surface area contributed by atoms with Crippen LogP contribution in [-0.2, 0) is 6.61 Å². The highest BCUT2D eigenvalue weighted by molar-refractivity contribution is 5.99. The number of nitro benzene ring substituents is 1. The minimum absolute atomic E-state index is 0.0191. The molecule has 0 aliphatic carbocycles. The van der Waals surface area contributed by atoms with Gasteiger partial charge >= 0.3 is 0 Å². The molecule has 25 heavy (non-hydrogen) atoms. The summed E-state index contributed by atoms with van der Waals surface area (Å²) in [5.74, 6) is 0.0763. The monoisotopic (exact) mass is 347 g/mol. The molecule has 0 atom stereocenters. The molecule has 8 heteroatoms. The van der Waals surface area contributed by atoms with E-state index in [9.17, 15) is 20.0 Å². The van der Waals surface area contributed by atoms with Gasteiger partial charge in [-0.15, -0.1) is 0 Å². The first-order valence-corrected chi connectivity index (χ1v) is 7.24. The Morgan fingerprint density at radius 3 is 2.36 bits per heavy atom. The van der Waals surface area contributed by atoms with E-state index in [1.807, 2.05) is 0 Å². The second kappa shape index (κ2) is 7.52. The molecular weight excluding hydrogens is 330 g/mol. The zero-order valence-corrected chi connectivity index (χ0v) is 13.9. The first-order valence-electron chi connectivity index (χ1n) is 7.24. The van der Waals surface area contributed by atoms with Crippen molar-refractivity contribution in [3.8, 4) is 23.0 Å². The third-order valence-electron chi connectivity index (χ3n) is 3.52. The van der Waals surface area contributed by atoms with Crippen molar-refractivity contribution in [1.82, 2.24) is 0 Å². The Labute approximate surface area is 143 Å². The molecule has 0 saturated heterocycles. The Balaban J connectivity index is 2.40. The van der Waals surface area contributed by atoms with E-state index in [1.54, 1.807) is 0 Å². The van der Waals surface area contributed by atoms with E-state index in [0.29, 0.717) is 5.75 Å². The van der Waals surface area contributed by atoms with E-state index in [4.69, 9.17) is 14.2 Å². The van der Waals surface area contributed by atoms with Crippen molar-refractivity contribution in [1.29, 1.82) is 0 Å². The average Bonchev–Trinajstić information content (AvgIpc) is 2.58. The van der Waals surface area contributed by atoms with E-state index in [0.717, 1.165) is 0 Å². The van der Waals surface area contributed by atoms with Crippen LogP contribution in [0.25, 0.3) is 0 Å². The minimum Gasteiger partial charge on any atom is -0.507 e. The van der Waals surface area contributed by atoms with Crippen LogP contribution in [0, 0.1) is 10.1 Å². The van der Waals surface area contributed by atoms with Gasteiger partial charge in [0.2, 0.25) is 0 Å². The molecule has 132 valence electrons. The van der Waals surface area contributed by atoms with Gasteiger partial charge in [0.1, 0.15) is 23.7 Å². The molecule has 0 aliphatic heterocycles. The molecule has 0 heterocycles. The van der Waals surface area contributed by atoms with Crippen LogP contribution in [0.15, 0.2) is 30.3 Å². The molecule has 8 nitrogen and oxygen atoms in total. The number of carbonyl (C=O) groups is 1. The summed E-state index contributed by atoms with van der Waals surface area (Å²) in [4.78, 5) is 22.4. The molecular formula is C17H17NO7. The summed E-state index contributed by atoms with van der Waals surface area (Å²) in [6.07, 6.45) is 0. The van der Waals surface area contributed by atoms with Crippen LogP contribution in [0.4, 0.5) is 5.69 Å². The Morgan fingerprint density at radius 1 is 1.16 bits per heavy atom. The first kappa shape index (κ1) is 18.1. The van der Waals surface area contributed by atoms with E-state index in [1.165, 1.54) is 51.5 Å². The number of methoxy groups -OCH3 is 2. The molecule has 2 aromatic rings. The second-order valence-electron chi connectivity index (χ2n) is 5.09. The van der Waals surface area contributed by atoms with Gasteiger partial charge in [-0.25, -0.2) is 0 Å². The zero-order valence-electron chi connectivity index (χ0n) is 13.9. The van der Waals surface area contributed by atoms with Crippen molar-refractivity contribution in [2.24, 2.45) is 0 Å². The quantitative estimate of drug-likeness (QED) is 0.466. The van der Waals surface area contributed by atoms with Crippen molar-refractivity contribution >= 4 is 11.5 Å². The standard InChI is InChI=1S/C17H17NO7/c1-10(19)17-13(20)5-4-6-14(17)25-9-11-7-15(23-2)16(24-3)8-12(11)18(21)22/h4-8,20H,9H2,1-3H3. The zero-order chi connectivity index (χ0) is 18.6. The van der Waals surface area contributed by atoms with Crippen LogP contribution in [0.2, 0.25) is 0 Å². The Kier molecular flexibility index (Phi) is 5.43. The van der Waals surface area contributed by atoms with Gasteiger partial charge in [0.15, 0.2) is 17.3 Å². The van der Waals surface area contributed by atoms with Crippen LogP contribution in [0.1, 0.15) is 22.8 Å². The third kappa shape index (κ3) is 3.79. The van der Waals surface area contributed by atoms with Crippen LogP contribution in [-0.4, -0.2) is 30.0 Å². The fraction of sp³-hybridized carbons (Fsp3) is 0.235. The number of carbonyl (C=O) groups excluding carboxylic acids is 1. The van der Waals surface area contributed by atoms with Crippen LogP contribution in [0.5, 0.6) is 23.0 Å². The number of ether oxygens (including phenoxy) is 3. The number of aromatic hydroxyl groups is 1. The SMILES string of the molecule is COc1cc(COc2cccc(O)c2C(C)=O)c([N+](=O)[O-])cc1OC. The predicted molar refractivity (Wildman–Crippen MR) is 88.6 cm³/mol. The molecule has 0 spiro atoms. The maximum Gasteiger partial charge on any atom is 0.280 e. The molecule has 0 bridgehead atoms. The molecule has 0 radical (unpaired) electrons. The van der Waals surface area contributed by atoms with E-state index < -0.39 is 4.92 Å². The number of phenolic OH excluding ortho intramolecular Hbond substituents is 1. The lowest BCUT2D eigenvalue weighted by atomic mass is 10.1. The molecule has 1 N–H and O–H groups in total. The highest BCUT2D eigenvalue weighted by Crippen LogP contribution is 2.36. The number of benzene rings is 2. The van der Waals surface area contributed by atoms with Crippen molar-refractivity contribution in [2.75, 3.05) is 14.2 Å². The molecule has 0 saturated carbocycles. The smallest absolute Gasteiger partial charge is 0.280 e. The maximum atomic E-state index is 11.7. The third-order valence-corrected chi connectivity index (χ3v) is 3.52. The van der Waals surface area contributed by atoms with Gasteiger partial charge in [-0.1, -0.05) is 6.07 Å². The number of nitro groups is 1. The Bertz CT molecular complexity index is 817. The van der Waals surface area contributed by atoms with Crippen molar-refractivity contribution in [3.63, 3.8) is 0 Å². The summed E-state index contributed by atoms with van der Waals surface area (Å²) in [7, 11) is 2.79. The summed E-state index contributed by atoms with van der Waals surface area (Å²) in [5, 5.41) is 21.1. The van der Waals surface area contributed by atoms with Gasteiger partial charge in [-0.2, -0.15) is 0 Å².